The predicted molar refractivity (Wildman–Crippen MR) is 92.1 cm³/mol. The first-order chi connectivity index (χ1) is 11.8. The third-order valence-corrected chi connectivity index (χ3v) is 5.30. The van der Waals surface area contributed by atoms with E-state index in [1.807, 2.05) is 30.3 Å². The van der Waals surface area contributed by atoms with Crippen LogP contribution in [0.2, 0.25) is 0 Å². The summed E-state index contributed by atoms with van der Waals surface area (Å²) in [6.45, 7) is 2.53. The maximum Gasteiger partial charge on any atom is 0.261 e. The molecule has 0 saturated carbocycles. The van der Waals surface area contributed by atoms with Gasteiger partial charge in [0.05, 0.1) is 11.0 Å². The second kappa shape index (κ2) is 6.83. The summed E-state index contributed by atoms with van der Waals surface area (Å²) < 4.78 is 16.7. The molecule has 0 bridgehead atoms. The zero-order valence-electron chi connectivity index (χ0n) is 13.2. The number of thiophene rings is 1. The maximum absolute atomic E-state index is 12.3. The van der Waals surface area contributed by atoms with Crippen LogP contribution in [0.25, 0.3) is 10.4 Å². The lowest BCUT2D eigenvalue weighted by Gasteiger charge is -2.18. The first kappa shape index (κ1) is 15.5. The fourth-order valence-corrected chi connectivity index (χ4v) is 3.83. The van der Waals surface area contributed by atoms with Crippen molar-refractivity contribution in [3.8, 4) is 21.9 Å². The highest BCUT2D eigenvalue weighted by molar-refractivity contribution is 7.17. The molecule has 1 unspecified atom stereocenters. The Morgan fingerprint density at radius 1 is 1.12 bits per heavy atom. The molecule has 4 rings (SSSR count). The summed E-state index contributed by atoms with van der Waals surface area (Å²) in [4.78, 5) is 14.0. The Hall–Kier alpha value is -2.05. The summed E-state index contributed by atoms with van der Waals surface area (Å²) in [5, 5.41) is 2.96. The van der Waals surface area contributed by atoms with Gasteiger partial charge in [-0.15, -0.1) is 11.3 Å². The van der Waals surface area contributed by atoms with E-state index in [0.29, 0.717) is 24.6 Å². The van der Waals surface area contributed by atoms with E-state index >= 15 is 0 Å². The number of hydrogen-bond acceptors (Lipinski definition) is 5. The van der Waals surface area contributed by atoms with E-state index in [0.717, 1.165) is 41.4 Å². The molecule has 1 atom stereocenters. The van der Waals surface area contributed by atoms with Gasteiger partial charge in [-0.05, 0) is 48.7 Å². The van der Waals surface area contributed by atoms with Gasteiger partial charge in [-0.3, -0.25) is 4.79 Å². The molecule has 126 valence electrons. The minimum absolute atomic E-state index is 0.0423. The van der Waals surface area contributed by atoms with Crippen molar-refractivity contribution in [2.45, 2.75) is 18.9 Å². The zero-order valence-corrected chi connectivity index (χ0v) is 14.1. The quantitative estimate of drug-likeness (QED) is 0.925. The number of ether oxygens (including phenoxy) is 3. The Morgan fingerprint density at radius 3 is 2.83 bits per heavy atom. The SMILES string of the molecule is O=C(NCC1CCCO1)c1ccc(-c2ccc3c(c2)OCCO3)s1. The number of fused-ring (bicyclic) bond motifs is 1. The monoisotopic (exact) mass is 345 g/mol. The summed E-state index contributed by atoms with van der Waals surface area (Å²) in [5.74, 6) is 1.49. The average Bonchev–Trinajstić information content (AvgIpc) is 3.31. The average molecular weight is 345 g/mol. The predicted octanol–water partition coefficient (Wildman–Crippen LogP) is 3.10. The molecule has 2 aromatic rings. The van der Waals surface area contributed by atoms with Crippen LogP contribution in [0.1, 0.15) is 22.5 Å². The second-order valence-electron chi connectivity index (χ2n) is 5.87. The maximum atomic E-state index is 12.3. The highest BCUT2D eigenvalue weighted by atomic mass is 32.1. The molecule has 1 N–H and O–H groups in total. The van der Waals surface area contributed by atoms with Crippen LogP contribution in [0, 0.1) is 0 Å². The third kappa shape index (κ3) is 3.25. The van der Waals surface area contributed by atoms with Crippen LogP contribution in [0.4, 0.5) is 0 Å². The van der Waals surface area contributed by atoms with E-state index in [-0.39, 0.29) is 12.0 Å². The van der Waals surface area contributed by atoms with Crippen LogP contribution in [0.3, 0.4) is 0 Å². The van der Waals surface area contributed by atoms with Crippen molar-refractivity contribution in [3.63, 3.8) is 0 Å². The topological polar surface area (TPSA) is 56.8 Å². The molecule has 1 aromatic heterocycles. The largest absolute Gasteiger partial charge is 0.486 e. The number of amides is 1. The lowest BCUT2D eigenvalue weighted by molar-refractivity contribution is 0.0861. The van der Waals surface area contributed by atoms with Crippen LogP contribution in [0.15, 0.2) is 30.3 Å². The third-order valence-electron chi connectivity index (χ3n) is 4.17. The molecule has 1 saturated heterocycles. The molecule has 1 fully saturated rings. The Labute approximate surface area is 144 Å². The Morgan fingerprint density at radius 2 is 2.00 bits per heavy atom. The summed E-state index contributed by atoms with van der Waals surface area (Å²) in [6.07, 6.45) is 2.26. The molecule has 6 heteroatoms. The van der Waals surface area contributed by atoms with Gasteiger partial charge in [0.2, 0.25) is 0 Å². The van der Waals surface area contributed by atoms with E-state index < -0.39 is 0 Å². The summed E-state index contributed by atoms with van der Waals surface area (Å²) >= 11 is 1.48. The lowest BCUT2D eigenvalue weighted by Crippen LogP contribution is -2.31. The fourth-order valence-electron chi connectivity index (χ4n) is 2.91. The molecular weight excluding hydrogens is 326 g/mol. The molecule has 3 heterocycles. The van der Waals surface area contributed by atoms with Crippen molar-refractivity contribution in [1.29, 1.82) is 0 Å². The summed E-state index contributed by atoms with van der Waals surface area (Å²) in [6, 6.07) is 9.71. The van der Waals surface area contributed by atoms with E-state index in [1.54, 1.807) is 0 Å². The number of benzene rings is 1. The highest BCUT2D eigenvalue weighted by Crippen LogP contribution is 2.36. The van der Waals surface area contributed by atoms with Crippen molar-refractivity contribution >= 4 is 17.2 Å². The van der Waals surface area contributed by atoms with Crippen LogP contribution in [-0.4, -0.2) is 38.4 Å². The van der Waals surface area contributed by atoms with Gasteiger partial charge in [0, 0.05) is 18.0 Å². The molecular formula is C18H19NO4S. The van der Waals surface area contributed by atoms with Crippen molar-refractivity contribution in [3.05, 3.63) is 35.2 Å². The first-order valence-electron chi connectivity index (χ1n) is 8.19. The number of carbonyl (C=O) groups excluding carboxylic acids is 1. The van der Waals surface area contributed by atoms with E-state index in [1.165, 1.54) is 11.3 Å². The van der Waals surface area contributed by atoms with E-state index in [2.05, 4.69) is 5.32 Å². The first-order valence-corrected chi connectivity index (χ1v) is 9.01. The smallest absolute Gasteiger partial charge is 0.261 e. The normalized spacial score (nSPS) is 19.2. The van der Waals surface area contributed by atoms with Gasteiger partial charge in [-0.1, -0.05) is 0 Å². The van der Waals surface area contributed by atoms with Gasteiger partial charge in [-0.25, -0.2) is 0 Å². The number of rotatable bonds is 4. The van der Waals surface area contributed by atoms with Crippen molar-refractivity contribution in [2.24, 2.45) is 0 Å². The van der Waals surface area contributed by atoms with Crippen LogP contribution >= 0.6 is 11.3 Å². The molecule has 5 nitrogen and oxygen atoms in total. The van der Waals surface area contributed by atoms with Crippen molar-refractivity contribution < 1.29 is 19.0 Å². The Balaban J connectivity index is 1.45. The molecule has 2 aliphatic rings. The van der Waals surface area contributed by atoms with Crippen molar-refractivity contribution in [2.75, 3.05) is 26.4 Å². The van der Waals surface area contributed by atoms with Gasteiger partial charge < -0.3 is 19.5 Å². The van der Waals surface area contributed by atoms with Gasteiger partial charge in [0.15, 0.2) is 11.5 Å². The molecule has 1 amide bonds. The minimum atomic E-state index is -0.0423. The van der Waals surface area contributed by atoms with E-state index in [9.17, 15) is 4.79 Å². The summed E-state index contributed by atoms with van der Waals surface area (Å²) in [5.41, 5.74) is 1.03. The molecule has 0 aliphatic carbocycles. The molecule has 0 radical (unpaired) electrons. The lowest BCUT2D eigenvalue weighted by atomic mass is 10.1. The number of carbonyl (C=O) groups is 1. The molecule has 1 aromatic carbocycles. The number of nitrogens with one attached hydrogen (secondary N) is 1. The van der Waals surface area contributed by atoms with E-state index in [4.69, 9.17) is 14.2 Å². The van der Waals surface area contributed by atoms with Gasteiger partial charge in [0.1, 0.15) is 13.2 Å². The fraction of sp³-hybridized carbons (Fsp3) is 0.389. The second-order valence-corrected chi connectivity index (χ2v) is 6.95. The molecule has 0 spiro atoms. The summed E-state index contributed by atoms with van der Waals surface area (Å²) in [7, 11) is 0. The zero-order chi connectivity index (χ0) is 16.4. The Kier molecular flexibility index (Phi) is 4.40. The molecule has 24 heavy (non-hydrogen) atoms. The van der Waals surface area contributed by atoms with Crippen LogP contribution in [-0.2, 0) is 4.74 Å². The highest BCUT2D eigenvalue weighted by Gasteiger charge is 2.18. The van der Waals surface area contributed by atoms with Crippen molar-refractivity contribution in [1.82, 2.24) is 5.32 Å². The van der Waals surface area contributed by atoms with Gasteiger partial charge in [0.25, 0.3) is 5.91 Å². The van der Waals surface area contributed by atoms with Gasteiger partial charge >= 0.3 is 0 Å². The van der Waals surface area contributed by atoms with Crippen LogP contribution < -0.4 is 14.8 Å². The molecule has 2 aliphatic heterocycles. The van der Waals surface area contributed by atoms with Gasteiger partial charge in [-0.2, -0.15) is 0 Å². The Bertz CT molecular complexity index is 736. The standard InChI is InChI=1S/C18H19NO4S/c20-18(19-11-13-2-1-7-21-13)17-6-5-16(24-17)12-3-4-14-15(10-12)23-9-8-22-14/h3-6,10,13H,1-2,7-9,11H2,(H,19,20). The number of hydrogen-bond donors (Lipinski definition) is 1. The van der Waals surface area contributed by atoms with Crippen LogP contribution in [0.5, 0.6) is 11.5 Å². The minimum Gasteiger partial charge on any atom is -0.486 e.